The number of ether oxygens (including phenoxy) is 1. The van der Waals surface area contributed by atoms with E-state index in [2.05, 4.69) is 152 Å². The summed E-state index contributed by atoms with van der Waals surface area (Å²) in [5, 5.41) is 0. The zero-order valence-electron chi connectivity index (χ0n) is 40.9. The maximum atomic E-state index is 6.79. The third kappa shape index (κ3) is 10.7. The Balaban J connectivity index is 0.00000175. The average Bonchev–Trinajstić information content (AvgIpc) is 3.61. The van der Waals surface area contributed by atoms with Gasteiger partial charge in [0.2, 0.25) is 0 Å². The van der Waals surface area contributed by atoms with E-state index >= 15 is 0 Å². The summed E-state index contributed by atoms with van der Waals surface area (Å²) in [6.07, 6.45) is 8.69. The third-order valence-electron chi connectivity index (χ3n) is 16.2. The molecule has 1 nitrogen and oxygen atoms in total. The van der Waals surface area contributed by atoms with E-state index in [4.69, 9.17) is 21.8 Å². The number of fused-ring (bicyclic) bond motifs is 2. The fourth-order valence-corrected chi connectivity index (χ4v) is 20.6. The average molecular weight is 932 g/mol. The van der Waals surface area contributed by atoms with Crippen LogP contribution in [-0.4, -0.2) is 21.3 Å². The van der Waals surface area contributed by atoms with E-state index in [0.717, 1.165) is 46.6 Å². The molecule has 0 saturated heterocycles. The van der Waals surface area contributed by atoms with Gasteiger partial charge in [-0.1, -0.05) is 165 Å². The van der Waals surface area contributed by atoms with Crippen LogP contribution in [0.4, 0.5) is 0 Å². The van der Waals surface area contributed by atoms with Crippen LogP contribution in [0.1, 0.15) is 175 Å². The Morgan fingerprint density at radius 3 is 1.52 bits per heavy atom. The first-order valence-corrected chi connectivity index (χ1v) is 32.0. The van der Waals surface area contributed by atoms with E-state index in [1.165, 1.54) is 55.2 Å². The summed E-state index contributed by atoms with van der Waals surface area (Å²) in [6.45, 7) is 40.2. The molecule has 0 radical (unpaired) electrons. The molecule has 4 aliphatic carbocycles. The molecule has 0 aromatic heterocycles. The van der Waals surface area contributed by atoms with Crippen molar-refractivity contribution in [3.05, 3.63) is 85.1 Å². The minimum absolute atomic E-state index is 0. The summed E-state index contributed by atoms with van der Waals surface area (Å²) < 4.78 is 6.79. The molecule has 58 heavy (non-hydrogen) atoms. The SMILES string of the molecule is COC1C(c2cc(C(C)(C)C)cc(C(C)(C)C)c2)C2CC(C)C([Si](C)(C)C3C(C)CC4C(c5ccc(C(C)(C)C)cc5)CCCC43)C2CC1C(C)(C)C.[CH3-].[CH3-].[Cl][Zr+2][Cl]. The van der Waals surface area contributed by atoms with Crippen molar-refractivity contribution < 1.29 is 25.6 Å². The van der Waals surface area contributed by atoms with E-state index in [9.17, 15) is 0 Å². The summed E-state index contributed by atoms with van der Waals surface area (Å²) in [7, 11) is 10.2. The van der Waals surface area contributed by atoms with Gasteiger partial charge >= 0.3 is 37.9 Å². The Morgan fingerprint density at radius 1 is 0.603 bits per heavy atom. The number of benzene rings is 2. The molecular formula is C53H88Cl2OSiZr. The second-order valence-electron chi connectivity index (χ2n) is 24.2. The van der Waals surface area contributed by atoms with Crippen LogP contribution >= 0.6 is 17.0 Å². The predicted octanol–water partition coefficient (Wildman–Crippen LogP) is 17.0. The Morgan fingerprint density at radius 2 is 1.07 bits per heavy atom. The van der Waals surface area contributed by atoms with Gasteiger partial charge in [-0.05, 0) is 134 Å². The first kappa shape index (κ1) is 52.4. The first-order chi connectivity index (χ1) is 25.8. The summed E-state index contributed by atoms with van der Waals surface area (Å²) in [5.74, 6) is 6.63. The van der Waals surface area contributed by atoms with Gasteiger partial charge in [0.15, 0.2) is 0 Å². The number of halogens is 2. The molecule has 4 saturated carbocycles. The van der Waals surface area contributed by atoms with Crippen molar-refractivity contribution in [2.45, 2.75) is 194 Å². The van der Waals surface area contributed by atoms with Gasteiger partial charge in [0.05, 0.1) is 14.2 Å². The number of hydrogen-bond donors (Lipinski definition) is 0. The van der Waals surface area contributed by atoms with E-state index < -0.39 is 28.9 Å². The van der Waals surface area contributed by atoms with Crippen LogP contribution in [0, 0.1) is 61.7 Å². The molecule has 2 aromatic rings. The zero-order chi connectivity index (χ0) is 41.9. The molecule has 0 bridgehead atoms. The quantitative estimate of drug-likeness (QED) is 0.214. The van der Waals surface area contributed by atoms with Crippen molar-refractivity contribution in [2.75, 3.05) is 7.11 Å². The van der Waals surface area contributed by atoms with Gasteiger partial charge < -0.3 is 19.6 Å². The Labute approximate surface area is 380 Å². The molecule has 6 rings (SSSR count). The molecule has 12 unspecified atom stereocenters. The van der Waals surface area contributed by atoms with Crippen LogP contribution in [-0.2, 0) is 41.8 Å². The zero-order valence-corrected chi connectivity index (χ0v) is 45.8. The van der Waals surface area contributed by atoms with E-state index in [1.807, 2.05) is 7.11 Å². The van der Waals surface area contributed by atoms with Gasteiger partial charge in [0, 0.05) is 13.0 Å². The molecule has 12 atom stereocenters. The fraction of sp³-hybridized carbons (Fsp3) is 0.736. The molecule has 2 aromatic carbocycles. The van der Waals surface area contributed by atoms with Crippen LogP contribution in [0.15, 0.2) is 42.5 Å². The molecule has 0 aliphatic heterocycles. The Hall–Kier alpha value is 0.0800. The number of methoxy groups -OCH3 is 1. The summed E-state index contributed by atoms with van der Waals surface area (Å²) in [5.41, 5.74) is 10.1. The van der Waals surface area contributed by atoms with Gasteiger partial charge in [-0.15, -0.1) is 0 Å². The van der Waals surface area contributed by atoms with Gasteiger partial charge in [-0.2, -0.15) is 0 Å². The van der Waals surface area contributed by atoms with Crippen LogP contribution in [0.5, 0.6) is 0 Å². The van der Waals surface area contributed by atoms with Gasteiger partial charge in [0.25, 0.3) is 0 Å². The van der Waals surface area contributed by atoms with Crippen LogP contribution in [0.2, 0.25) is 24.2 Å². The molecular weight excluding hydrogens is 843 g/mol. The van der Waals surface area contributed by atoms with E-state index in [1.54, 1.807) is 11.1 Å². The van der Waals surface area contributed by atoms with Crippen molar-refractivity contribution in [1.82, 2.24) is 0 Å². The van der Waals surface area contributed by atoms with Crippen molar-refractivity contribution in [2.24, 2.45) is 46.8 Å². The Bertz CT molecular complexity index is 1570. The van der Waals surface area contributed by atoms with Crippen molar-refractivity contribution >= 4 is 25.1 Å². The minimum atomic E-state index is -1.72. The molecule has 4 fully saturated rings. The van der Waals surface area contributed by atoms with Crippen molar-refractivity contribution in [1.29, 1.82) is 0 Å². The monoisotopic (exact) mass is 929 g/mol. The number of rotatable bonds is 5. The molecule has 0 spiro atoms. The normalized spacial score (nSPS) is 32.7. The molecule has 0 amide bonds. The molecule has 0 heterocycles. The van der Waals surface area contributed by atoms with Crippen LogP contribution in [0.3, 0.4) is 0 Å². The van der Waals surface area contributed by atoms with Crippen molar-refractivity contribution in [3.63, 3.8) is 0 Å². The molecule has 328 valence electrons. The van der Waals surface area contributed by atoms with Crippen LogP contribution in [0.25, 0.3) is 0 Å². The fourth-order valence-electron chi connectivity index (χ4n) is 13.9. The molecule has 4 aliphatic rings. The van der Waals surface area contributed by atoms with E-state index in [-0.39, 0.29) is 42.6 Å². The third-order valence-corrected chi connectivity index (χ3v) is 21.7. The summed E-state index contributed by atoms with van der Waals surface area (Å²) in [6, 6.07) is 17.7. The topological polar surface area (TPSA) is 9.23 Å². The van der Waals surface area contributed by atoms with Crippen LogP contribution < -0.4 is 0 Å². The predicted molar refractivity (Wildman–Crippen MR) is 258 cm³/mol. The molecule has 0 N–H and O–H groups in total. The van der Waals surface area contributed by atoms with Gasteiger partial charge in [-0.3, -0.25) is 0 Å². The summed E-state index contributed by atoms with van der Waals surface area (Å²) >= 11 is -0.826. The second kappa shape index (κ2) is 19.4. The summed E-state index contributed by atoms with van der Waals surface area (Å²) in [4.78, 5) is 0. The van der Waals surface area contributed by atoms with Crippen molar-refractivity contribution in [3.8, 4) is 0 Å². The van der Waals surface area contributed by atoms with Gasteiger partial charge in [0.1, 0.15) is 0 Å². The first-order valence-electron chi connectivity index (χ1n) is 22.5. The van der Waals surface area contributed by atoms with E-state index in [0.29, 0.717) is 17.8 Å². The second-order valence-corrected chi connectivity index (χ2v) is 32.9. The molecule has 5 heteroatoms. The number of hydrogen-bond acceptors (Lipinski definition) is 1. The maximum absolute atomic E-state index is 6.79. The van der Waals surface area contributed by atoms with Gasteiger partial charge in [-0.25, -0.2) is 0 Å². The standard InChI is InChI=1S/C51H82OSi.2CH3.2ClH.Zr/c1-31-25-40-38(33-21-23-35(24-22-33)48(3,4)5)19-18-20-39(40)46(31)53(16,17)47-32(2)26-41-42(47)30-43(51(12,13)14)45(52-15)44(41)34-27-36(49(6,7)8)29-37(28-34)50(9,10)11;;;;;/h21-24,27-29,31-32,38-47H,18-20,25-26,30H2,1-17H3;2*1H3;2*1H;/q;2*-1;;;+4/p-2. The Kier molecular flexibility index (Phi) is 17.6.